The minimum Gasteiger partial charge on any atom is -0.493 e. The van der Waals surface area contributed by atoms with E-state index in [4.69, 9.17) is 9.47 Å². The first kappa shape index (κ1) is 16.9. The maximum atomic E-state index is 13.2. The van der Waals surface area contributed by atoms with E-state index in [2.05, 4.69) is 5.32 Å². The molecule has 2 heterocycles. The van der Waals surface area contributed by atoms with Crippen molar-refractivity contribution in [3.05, 3.63) is 54.1 Å². The molecule has 1 N–H and O–H groups in total. The van der Waals surface area contributed by atoms with Crippen LogP contribution in [0.1, 0.15) is 24.8 Å². The number of amides is 1. The zero-order valence-electron chi connectivity index (χ0n) is 14.4. The minimum atomic E-state index is -3.86. The number of hydrogen-bond donors (Lipinski definition) is 1. The summed E-state index contributed by atoms with van der Waals surface area (Å²) in [6.07, 6.45) is 0.371. The molecule has 4 rings (SSSR count). The van der Waals surface area contributed by atoms with Gasteiger partial charge in [-0.05, 0) is 25.1 Å². The number of fused-ring (bicyclic) bond motifs is 4. The molecule has 2 aromatic rings. The molecule has 2 aliphatic rings. The summed E-state index contributed by atoms with van der Waals surface area (Å²) < 4.78 is 37.8. The molecule has 7 heteroatoms. The number of nitrogens with one attached hydrogen (secondary N) is 1. The van der Waals surface area contributed by atoms with Crippen molar-refractivity contribution in [1.82, 2.24) is 5.32 Å². The van der Waals surface area contributed by atoms with Crippen molar-refractivity contribution in [2.45, 2.75) is 35.1 Å². The summed E-state index contributed by atoms with van der Waals surface area (Å²) in [6.45, 7) is 1.75. The Morgan fingerprint density at radius 2 is 1.88 bits per heavy atom. The lowest BCUT2D eigenvalue weighted by atomic mass is 9.81. The van der Waals surface area contributed by atoms with Crippen LogP contribution in [-0.4, -0.2) is 32.4 Å². The van der Waals surface area contributed by atoms with Gasteiger partial charge < -0.3 is 14.8 Å². The molecule has 1 amide bonds. The third-order valence-corrected chi connectivity index (χ3v) is 7.12. The molecule has 2 aromatic carbocycles. The Labute approximate surface area is 152 Å². The Bertz CT molecular complexity index is 973. The standard InChI is InChI=1S/C19H19NO5S/c1-19-11-14(13-9-6-10-15(24-2)16(13)25-19)17(18(21)20-19)26(22,23)12-7-4-3-5-8-12/h3-10,14,17H,11H2,1-2H3,(H,20,21)/t14-,17+,19+/m1/s1. The van der Waals surface area contributed by atoms with Crippen LogP contribution in [0.25, 0.3) is 0 Å². The average Bonchev–Trinajstić information content (AvgIpc) is 2.61. The molecule has 6 nitrogen and oxygen atoms in total. The Morgan fingerprint density at radius 3 is 2.58 bits per heavy atom. The molecule has 0 spiro atoms. The Hall–Kier alpha value is -2.54. The van der Waals surface area contributed by atoms with Crippen LogP contribution >= 0.6 is 0 Å². The smallest absolute Gasteiger partial charge is 0.242 e. The maximum Gasteiger partial charge on any atom is 0.242 e. The molecule has 0 aliphatic carbocycles. The van der Waals surface area contributed by atoms with Gasteiger partial charge in [0.25, 0.3) is 0 Å². The zero-order chi connectivity index (χ0) is 18.5. The van der Waals surface area contributed by atoms with Crippen molar-refractivity contribution < 1.29 is 22.7 Å². The number of rotatable bonds is 3. The summed E-state index contributed by atoms with van der Waals surface area (Å²) in [7, 11) is -2.33. The van der Waals surface area contributed by atoms with Crippen molar-refractivity contribution in [1.29, 1.82) is 0 Å². The number of para-hydroxylation sites is 1. The number of piperidine rings is 1. The number of benzene rings is 2. The number of carbonyl (C=O) groups excluding carboxylic acids is 1. The number of hydrogen-bond acceptors (Lipinski definition) is 5. The third-order valence-electron chi connectivity index (χ3n) is 4.98. The van der Waals surface area contributed by atoms with E-state index in [1.165, 1.54) is 19.2 Å². The highest BCUT2D eigenvalue weighted by Crippen LogP contribution is 2.50. The summed E-state index contributed by atoms with van der Waals surface area (Å²) in [4.78, 5) is 12.9. The molecule has 0 saturated carbocycles. The van der Waals surface area contributed by atoms with E-state index in [0.717, 1.165) is 0 Å². The van der Waals surface area contributed by atoms with Crippen molar-refractivity contribution in [2.24, 2.45) is 0 Å². The predicted octanol–water partition coefficient (Wildman–Crippen LogP) is 2.25. The van der Waals surface area contributed by atoms with Gasteiger partial charge in [-0.15, -0.1) is 0 Å². The first-order valence-corrected chi connectivity index (χ1v) is 9.87. The topological polar surface area (TPSA) is 81.7 Å². The Kier molecular flexibility index (Phi) is 3.73. The van der Waals surface area contributed by atoms with Crippen molar-refractivity contribution in [3.63, 3.8) is 0 Å². The van der Waals surface area contributed by atoms with E-state index < -0.39 is 32.6 Å². The van der Waals surface area contributed by atoms with Crippen molar-refractivity contribution in [3.8, 4) is 11.5 Å². The first-order valence-electron chi connectivity index (χ1n) is 8.33. The largest absolute Gasteiger partial charge is 0.493 e. The summed E-state index contributed by atoms with van der Waals surface area (Å²) in [6, 6.07) is 13.4. The fraction of sp³-hybridized carbons (Fsp3) is 0.316. The van der Waals surface area contributed by atoms with Gasteiger partial charge in [-0.2, -0.15) is 0 Å². The maximum absolute atomic E-state index is 13.2. The van der Waals surface area contributed by atoms with E-state index in [-0.39, 0.29) is 4.90 Å². The van der Waals surface area contributed by atoms with Crippen LogP contribution in [0.5, 0.6) is 11.5 Å². The normalized spacial score (nSPS) is 27.1. The van der Waals surface area contributed by atoms with Crippen LogP contribution < -0.4 is 14.8 Å². The second-order valence-corrected chi connectivity index (χ2v) is 8.86. The van der Waals surface area contributed by atoms with E-state index in [9.17, 15) is 13.2 Å². The van der Waals surface area contributed by atoms with Gasteiger partial charge in [-0.25, -0.2) is 8.42 Å². The lowest BCUT2D eigenvalue weighted by Crippen LogP contribution is -2.63. The van der Waals surface area contributed by atoms with Crippen LogP contribution in [0, 0.1) is 0 Å². The number of methoxy groups -OCH3 is 1. The lowest BCUT2D eigenvalue weighted by Gasteiger charge is -2.47. The van der Waals surface area contributed by atoms with E-state index in [1.54, 1.807) is 43.3 Å². The highest BCUT2D eigenvalue weighted by atomic mass is 32.2. The van der Waals surface area contributed by atoms with Crippen LogP contribution in [0.3, 0.4) is 0 Å². The quantitative estimate of drug-likeness (QED) is 0.892. The molecule has 1 fully saturated rings. The summed E-state index contributed by atoms with van der Waals surface area (Å²) >= 11 is 0. The fourth-order valence-corrected chi connectivity index (χ4v) is 5.71. The zero-order valence-corrected chi connectivity index (χ0v) is 15.2. The molecule has 136 valence electrons. The summed E-state index contributed by atoms with van der Waals surface area (Å²) in [5.41, 5.74) is -0.285. The molecule has 3 atom stereocenters. The molecule has 0 radical (unpaired) electrons. The van der Waals surface area contributed by atoms with Gasteiger partial charge in [0, 0.05) is 17.9 Å². The van der Waals surface area contributed by atoms with E-state index >= 15 is 0 Å². The number of carbonyl (C=O) groups is 1. The van der Waals surface area contributed by atoms with Crippen LogP contribution in [0.2, 0.25) is 0 Å². The van der Waals surface area contributed by atoms with Gasteiger partial charge >= 0.3 is 0 Å². The molecular weight excluding hydrogens is 354 g/mol. The summed E-state index contributed by atoms with van der Waals surface area (Å²) in [5, 5.41) is 1.53. The molecule has 0 aromatic heterocycles. The molecule has 2 bridgehead atoms. The van der Waals surface area contributed by atoms with Gasteiger partial charge in [0.15, 0.2) is 32.3 Å². The molecule has 0 unspecified atom stereocenters. The first-order chi connectivity index (χ1) is 12.4. The van der Waals surface area contributed by atoms with Gasteiger partial charge in [-0.1, -0.05) is 30.3 Å². The van der Waals surface area contributed by atoms with Crippen LogP contribution in [-0.2, 0) is 14.6 Å². The molecule has 2 aliphatic heterocycles. The average molecular weight is 373 g/mol. The van der Waals surface area contributed by atoms with E-state index in [1.807, 2.05) is 0 Å². The highest BCUT2D eigenvalue weighted by molar-refractivity contribution is 7.92. The second kappa shape index (κ2) is 5.74. The monoisotopic (exact) mass is 373 g/mol. The molecule has 1 saturated heterocycles. The van der Waals surface area contributed by atoms with Crippen LogP contribution in [0.15, 0.2) is 53.4 Å². The SMILES string of the molecule is COc1cccc2c1O[C@@]1(C)C[C@H]2[C@H](S(=O)(=O)c2ccccc2)C(=O)N1. The summed E-state index contributed by atoms with van der Waals surface area (Å²) in [5.74, 6) is -0.0497. The highest BCUT2D eigenvalue weighted by Gasteiger charge is 2.54. The second-order valence-electron chi connectivity index (χ2n) is 6.79. The van der Waals surface area contributed by atoms with Gasteiger partial charge in [0.2, 0.25) is 5.91 Å². The minimum absolute atomic E-state index is 0.139. The molecule has 26 heavy (non-hydrogen) atoms. The Morgan fingerprint density at radius 1 is 1.15 bits per heavy atom. The number of ether oxygens (including phenoxy) is 2. The van der Waals surface area contributed by atoms with Crippen molar-refractivity contribution in [2.75, 3.05) is 7.11 Å². The van der Waals surface area contributed by atoms with Gasteiger partial charge in [0.05, 0.1) is 12.0 Å². The lowest BCUT2D eigenvalue weighted by molar-refractivity contribution is -0.132. The van der Waals surface area contributed by atoms with Gasteiger partial charge in [0.1, 0.15) is 0 Å². The van der Waals surface area contributed by atoms with E-state index in [0.29, 0.717) is 23.5 Å². The Balaban J connectivity index is 1.89. The third kappa shape index (κ3) is 2.46. The van der Waals surface area contributed by atoms with Gasteiger partial charge in [-0.3, -0.25) is 4.79 Å². The molecular formula is C19H19NO5S. The van der Waals surface area contributed by atoms with Crippen molar-refractivity contribution >= 4 is 15.7 Å². The predicted molar refractivity (Wildman–Crippen MR) is 94.9 cm³/mol. The number of sulfone groups is 1. The fourth-order valence-electron chi connectivity index (χ4n) is 3.87. The van der Waals surface area contributed by atoms with Crippen LogP contribution in [0.4, 0.5) is 0 Å².